The zero-order chi connectivity index (χ0) is 14.4. The molecule has 3 N–H and O–H groups in total. The van der Waals surface area contributed by atoms with Crippen molar-refractivity contribution in [3.8, 4) is 0 Å². The Morgan fingerprint density at radius 1 is 1.45 bits per heavy atom. The lowest BCUT2D eigenvalue weighted by molar-refractivity contribution is -0.113. The normalized spacial score (nSPS) is 10.4. The Morgan fingerprint density at radius 2 is 2.25 bits per heavy atom. The van der Waals surface area contributed by atoms with Gasteiger partial charge in [-0.25, -0.2) is 0 Å². The van der Waals surface area contributed by atoms with E-state index in [1.807, 2.05) is 18.2 Å². The third-order valence-corrected chi connectivity index (χ3v) is 3.35. The number of nitrogens with two attached hydrogens (primary N) is 1. The van der Waals surface area contributed by atoms with Gasteiger partial charge in [0.1, 0.15) is 6.61 Å². The molecule has 0 spiro atoms. The Hall–Kier alpha value is -2.06. The monoisotopic (exact) mass is 294 g/mol. The molecule has 0 radical (unpaired) electrons. The summed E-state index contributed by atoms with van der Waals surface area (Å²) in [7, 11) is 1.52. The average molecular weight is 294 g/mol. The molecule has 0 aliphatic carbocycles. The number of nitrogens with zero attached hydrogens (tertiary/aromatic N) is 2. The van der Waals surface area contributed by atoms with E-state index in [1.54, 1.807) is 6.07 Å². The summed E-state index contributed by atoms with van der Waals surface area (Å²) in [6, 6.07) is 7.41. The minimum Gasteiger partial charge on any atom is -0.405 e. The molecular weight excluding hydrogens is 280 g/mol. The van der Waals surface area contributed by atoms with Crippen LogP contribution in [0.2, 0.25) is 0 Å². The first-order valence-electron chi connectivity index (χ1n) is 5.77. The molecule has 7 nitrogen and oxygen atoms in total. The fourth-order valence-corrected chi connectivity index (χ4v) is 2.16. The van der Waals surface area contributed by atoms with E-state index in [9.17, 15) is 4.79 Å². The molecular formula is C12H14N4O3S. The molecule has 2 aromatic rings. The highest BCUT2D eigenvalue weighted by Gasteiger charge is 2.10. The molecule has 1 amide bonds. The number of carbonyl (C=O) groups excluding carboxylic acids is 1. The summed E-state index contributed by atoms with van der Waals surface area (Å²) >= 11 is 1.34. The van der Waals surface area contributed by atoms with Gasteiger partial charge in [0.25, 0.3) is 0 Å². The number of anilines is 2. The van der Waals surface area contributed by atoms with Crippen molar-refractivity contribution in [1.82, 2.24) is 10.2 Å². The minimum atomic E-state index is -0.245. The van der Waals surface area contributed by atoms with Gasteiger partial charge >= 0.3 is 6.01 Å². The number of nitrogen functional groups attached to an aromatic ring is 1. The van der Waals surface area contributed by atoms with E-state index in [0.717, 1.165) is 4.90 Å². The molecule has 2 rings (SSSR count). The lowest BCUT2D eigenvalue weighted by Gasteiger charge is -2.04. The largest absolute Gasteiger partial charge is 0.405 e. The maximum atomic E-state index is 11.7. The number of thioether (sulfide) groups is 1. The second-order valence-electron chi connectivity index (χ2n) is 3.81. The maximum Gasteiger partial charge on any atom is 0.322 e. The third-order valence-electron chi connectivity index (χ3n) is 2.26. The van der Waals surface area contributed by atoms with E-state index in [4.69, 9.17) is 14.9 Å². The van der Waals surface area contributed by atoms with Crippen LogP contribution < -0.4 is 11.1 Å². The number of nitrogens with one attached hydrogen (secondary N) is 1. The predicted molar refractivity (Wildman–Crippen MR) is 75.2 cm³/mol. The molecule has 0 bridgehead atoms. The smallest absolute Gasteiger partial charge is 0.322 e. The lowest BCUT2D eigenvalue weighted by atomic mass is 10.3. The van der Waals surface area contributed by atoms with Gasteiger partial charge in [0.15, 0.2) is 0 Å². The van der Waals surface area contributed by atoms with Gasteiger partial charge in [-0.05, 0) is 12.1 Å². The topological polar surface area (TPSA) is 103 Å². The maximum absolute atomic E-state index is 11.7. The number of rotatable bonds is 6. The second-order valence-corrected chi connectivity index (χ2v) is 4.83. The molecule has 20 heavy (non-hydrogen) atoms. The molecule has 8 heteroatoms. The van der Waals surface area contributed by atoms with Crippen LogP contribution in [0.15, 0.2) is 33.6 Å². The summed E-state index contributed by atoms with van der Waals surface area (Å²) in [5.74, 6) is 0.268. The number of benzene rings is 1. The predicted octanol–water partition coefficient (Wildman–Crippen LogP) is 1.53. The molecule has 106 valence electrons. The highest BCUT2D eigenvalue weighted by atomic mass is 32.2. The molecule has 0 saturated carbocycles. The molecule has 1 aromatic carbocycles. The molecule has 0 unspecified atom stereocenters. The third kappa shape index (κ3) is 3.97. The van der Waals surface area contributed by atoms with Crippen LogP contribution in [-0.4, -0.2) is 29.0 Å². The molecule has 0 saturated heterocycles. The second kappa shape index (κ2) is 6.92. The van der Waals surface area contributed by atoms with Crippen LogP contribution in [0.5, 0.6) is 0 Å². The fraction of sp³-hybridized carbons (Fsp3) is 0.250. The van der Waals surface area contributed by atoms with Gasteiger partial charge in [0.05, 0.1) is 5.75 Å². The van der Waals surface area contributed by atoms with Gasteiger partial charge in [-0.3, -0.25) is 10.1 Å². The number of hydrogen-bond donors (Lipinski definition) is 2. The molecule has 0 atom stereocenters. The fourth-order valence-electron chi connectivity index (χ4n) is 1.40. The van der Waals surface area contributed by atoms with Crippen LogP contribution in [0, 0.1) is 0 Å². The van der Waals surface area contributed by atoms with Crippen molar-refractivity contribution in [2.45, 2.75) is 11.5 Å². The summed E-state index contributed by atoms with van der Waals surface area (Å²) in [6.07, 6.45) is 0. The van der Waals surface area contributed by atoms with Crippen molar-refractivity contribution in [1.29, 1.82) is 0 Å². The van der Waals surface area contributed by atoms with Gasteiger partial charge in [-0.15, -0.1) is 16.9 Å². The number of ether oxygens (including phenoxy) is 1. The Balaban J connectivity index is 1.84. The van der Waals surface area contributed by atoms with Gasteiger partial charge in [-0.2, -0.15) is 0 Å². The molecule has 0 fully saturated rings. The van der Waals surface area contributed by atoms with E-state index in [-0.39, 0.29) is 24.3 Å². The van der Waals surface area contributed by atoms with Crippen LogP contribution in [0.1, 0.15) is 5.89 Å². The van der Waals surface area contributed by atoms with Crippen LogP contribution >= 0.6 is 11.8 Å². The summed E-state index contributed by atoms with van der Waals surface area (Å²) in [5.41, 5.74) is 6.43. The average Bonchev–Trinajstić information content (AvgIpc) is 2.85. The lowest BCUT2D eigenvalue weighted by Crippen LogP contribution is -2.14. The van der Waals surface area contributed by atoms with Crippen molar-refractivity contribution < 1.29 is 13.9 Å². The Labute approximate surface area is 119 Å². The summed E-state index contributed by atoms with van der Waals surface area (Å²) in [4.78, 5) is 12.6. The van der Waals surface area contributed by atoms with Crippen LogP contribution in [-0.2, 0) is 16.1 Å². The molecule has 1 aromatic heterocycles. The standard InChI is InChI=1S/C12H14N4O3S/c1-18-6-11-15-16-12(19-11)14-10(17)7-20-9-5-3-2-4-8(9)13/h2-5H,6-7,13H2,1H3,(H,14,16,17). The number of aromatic nitrogens is 2. The highest BCUT2D eigenvalue weighted by molar-refractivity contribution is 8.00. The minimum absolute atomic E-state index is 0.0590. The number of carbonyl (C=O) groups is 1. The first-order chi connectivity index (χ1) is 9.69. The zero-order valence-corrected chi connectivity index (χ0v) is 11.6. The zero-order valence-electron chi connectivity index (χ0n) is 10.8. The van der Waals surface area contributed by atoms with Crippen molar-refractivity contribution in [2.24, 2.45) is 0 Å². The Morgan fingerprint density at radius 3 is 3.00 bits per heavy atom. The summed E-state index contributed by atoms with van der Waals surface area (Å²) in [6.45, 7) is 0.207. The molecule has 1 heterocycles. The quantitative estimate of drug-likeness (QED) is 0.615. The van der Waals surface area contributed by atoms with E-state index in [2.05, 4.69) is 15.5 Å². The Bertz CT molecular complexity index is 588. The van der Waals surface area contributed by atoms with E-state index in [0.29, 0.717) is 11.6 Å². The van der Waals surface area contributed by atoms with Crippen molar-refractivity contribution in [2.75, 3.05) is 23.9 Å². The Kier molecular flexibility index (Phi) is 4.97. The number of amides is 1. The van der Waals surface area contributed by atoms with E-state index >= 15 is 0 Å². The van der Waals surface area contributed by atoms with Crippen molar-refractivity contribution in [3.63, 3.8) is 0 Å². The summed E-state index contributed by atoms with van der Waals surface area (Å²) in [5, 5.41) is 9.91. The first-order valence-corrected chi connectivity index (χ1v) is 6.76. The molecule has 0 aliphatic rings. The first kappa shape index (κ1) is 14.4. The number of hydrogen-bond acceptors (Lipinski definition) is 7. The van der Waals surface area contributed by atoms with Crippen LogP contribution in [0.4, 0.5) is 11.7 Å². The van der Waals surface area contributed by atoms with Gasteiger partial charge < -0.3 is 14.9 Å². The van der Waals surface area contributed by atoms with Gasteiger partial charge in [0, 0.05) is 17.7 Å². The number of methoxy groups -OCH3 is 1. The van der Waals surface area contributed by atoms with Crippen molar-refractivity contribution in [3.05, 3.63) is 30.2 Å². The van der Waals surface area contributed by atoms with Crippen LogP contribution in [0.25, 0.3) is 0 Å². The van der Waals surface area contributed by atoms with Crippen LogP contribution in [0.3, 0.4) is 0 Å². The van der Waals surface area contributed by atoms with E-state index in [1.165, 1.54) is 18.9 Å². The number of para-hydroxylation sites is 1. The summed E-state index contributed by atoms with van der Waals surface area (Å²) < 4.78 is 10.00. The SMILES string of the molecule is COCc1nnc(NC(=O)CSc2ccccc2N)o1. The highest BCUT2D eigenvalue weighted by Crippen LogP contribution is 2.24. The molecule has 0 aliphatic heterocycles. The van der Waals surface area contributed by atoms with Gasteiger partial charge in [0.2, 0.25) is 11.8 Å². The van der Waals surface area contributed by atoms with Gasteiger partial charge in [-0.1, -0.05) is 17.2 Å². The van der Waals surface area contributed by atoms with Crippen molar-refractivity contribution >= 4 is 29.4 Å². The van der Waals surface area contributed by atoms with E-state index < -0.39 is 0 Å².